The van der Waals surface area contributed by atoms with Crippen molar-refractivity contribution in [2.75, 3.05) is 37.9 Å². The molecular weight excluding hydrogens is 354 g/mol. The van der Waals surface area contributed by atoms with Crippen LogP contribution in [0.4, 0.5) is 11.4 Å². The summed E-state index contributed by atoms with van der Waals surface area (Å²) in [5.74, 6) is 0.0585. The summed E-state index contributed by atoms with van der Waals surface area (Å²) < 4.78 is 5.19. The number of amides is 2. The molecule has 2 N–H and O–H groups in total. The summed E-state index contributed by atoms with van der Waals surface area (Å²) in [5.41, 5.74) is 2.33. The minimum absolute atomic E-state index is 0.0526. The molecule has 26 heavy (non-hydrogen) atoms. The number of hydrogen-bond donors (Lipinski definition) is 2. The molecule has 2 rings (SSSR count). The van der Waals surface area contributed by atoms with E-state index in [1.165, 1.54) is 7.11 Å². The molecule has 0 heterocycles. The first kappa shape index (κ1) is 19.8. The topological polar surface area (TPSA) is 70.7 Å². The summed E-state index contributed by atoms with van der Waals surface area (Å²) in [6.45, 7) is 2.12. The zero-order valence-corrected chi connectivity index (χ0v) is 15.8. The number of hydrogen-bond acceptors (Lipinski definition) is 4. The van der Waals surface area contributed by atoms with Crippen LogP contribution in [0.3, 0.4) is 0 Å². The zero-order chi connectivity index (χ0) is 19.1. The lowest BCUT2D eigenvalue weighted by Crippen LogP contribution is -2.36. The number of ether oxygens (including phenoxy) is 1. The normalized spacial score (nSPS) is 10.5. The standard InChI is InChI=1S/C19H22ClN3O3/c1-13-4-7-15(8-5-13)21-18(24)11-23(2)12-19(25)22-16-10-14(20)6-9-17(16)26-3/h4-10H,11-12H2,1-3H3,(H,21,24)(H,22,25). The highest BCUT2D eigenvalue weighted by molar-refractivity contribution is 6.31. The first-order chi connectivity index (χ1) is 12.4. The van der Waals surface area contributed by atoms with E-state index in [9.17, 15) is 9.59 Å². The minimum atomic E-state index is -0.267. The Kier molecular flexibility index (Phi) is 7.00. The number of anilines is 2. The summed E-state index contributed by atoms with van der Waals surface area (Å²) in [6.07, 6.45) is 0. The van der Waals surface area contributed by atoms with Crippen LogP contribution in [0.25, 0.3) is 0 Å². The fraction of sp³-hybridized carbons (Fsp3) is 0.263. The number of carbonyl (C=O) groups is 2. The Bertz CT molecular complexity index is 778. The van der Waals surface area contributed by atoms with Crippen LogP contribution in [0.5, 0.6) is 5.75 Å². The van der Waals surface area contributed by atoms with Gasteiger partial charge in [-0.2, -0.15) is 0 Å². The van der Waals surface area contributed by atoms with Crippen molar-refractivity contribution < 1.29 is 14.3 Å². The number of nitrogens with zero attached hydrogens (tertiary/aromatic N) is 1. The molecule has 7 heteroatoms. The molecule has 0 aliphatic carbocycles. The second-order valence-corrected chi connectivity index (χ2v) is 6.42. The van der Waals surface area contributed by atoms with Gasteiger partial charge in [0.25, 0.3) is 0 Å². The molecular formula is C19H22ClN3O3. The van der Waals surface area contributed by atoms with E-state index in [-0.39, 0.29) is 24.9 Å². The second-order valence-electron chi connectivity index (χ2n) is 5.98. The van der Waals surface area contributed by atoms with Gasteiger partial charge in [-0.3, -0.25) is 14.5 Å². The van der Waals surface area contributed by atoms with Gasteiger partial charge in [-0.15, -0.1) is 0 Å². The number of halogens is 1. The zero-order valence-electron chi connectivity index (χ0n) is 15.0. The van der Waals surface area contributed by atoms with Crippen molar-refractivity contribution in [2.24, 2.45) is 0 Å². The van der Waals surface area contributed by atoms with E-state index >= 15 is 0 Å². The molecule has 0 saturated carbocycles. The van der Waals surface area contributed by atoms with Gasteiger partial charge in [-0.1, -0.05) is 29.3 Å². The number of benzene rings is 2. The number of nitrogens with one attached hydrogen (secondary N) is 2. The molecule has 2 aromatic carbocycles. The van der Waals surface area contributed by atoms with Gasteiger partial charge in [0.1, 0.15) is 5.75 Å². The maximum Gasteiger partial charge on any atom is 0.238 e. The van der Waals surface area contributed by atoms with E-state index in [2.05, 4.69) is 10.6 Å². The summed E-state index contributed by atoms with van der Waals surface area (Å²) in [6, 6.07) is 12.5. The van der Waals surface area contributed by atoms with Gasteiger partial charge in [0.2, 0.25) is 11.8 Å². The number of rotatable bonds is 7. The van der Waals surface area contributed by atoms with Crippen molar-refractivity contribution in [1.29, 1.82) is 0 Å². The van der Waals surface area contributed by atoms with E-state index in [1.54, 1.807) is 30.1 Å². The van der Waals surface area contributed by atoms with Crippen molar-refractivity contribution in [2.45, 2.75) is 6.92 Å². The molecule has 0 atom stereocenters. The fourth-order valence-corrected chi connectivity index (χ4v) is 2.52. The predicted molar refractivity (Wildman–Crippen MR) is 104 cm³/mol. The van der Waals surface area contributed by atoms with Crippen LogP contribution in [-0.4, -0.2) is 44.0 Å². The van der Waals surface area contributed by atoms with Crippen molar-refractivity contribution in [3.63, 3.8) is 0 Å². The number of aryl methyl sites for hydroxylation is 1. The Labute approximate surface area is 158 Å². The monoisotopic (exact) mass is 375 g/mol. The van der Waals surface area contributed by atoms with Gasteiger partial charge < -0.3 is 15.4 Å². The Morgan fingerprint density at radius 1 is 1.04 bits per heavy atom. The first-order valence-corrected chi connectivity index (χ1v) is 8.43. The van der Waals surface area contributed by atoms with Crippen molar-refractivity contribution in [1.82, 2.24) is 4.90 Å². The van der Waals surface area contributed by atoms with Crippen LogP contribution >= 0.6 is 11.6 Å². The summed E-state index contributed by atoms with van der Waals surface area (Å²) in [4.78, 5) is 25.9. The largest absolute Gasteiger partial charge is 0.495 e. The smallest absolute Gasteiger partial charge is 0.238 e. The Hall–Kier alpha value is -2.57. The van der Waals surface area contributed by atoms with E-state index in [0.717, 1.165) is 11.3 Å². The lowest BCUT2D eigenvalue weighted by molar-refractivity contribution is -0.119. The van der Waals surface area contributed by atoms with Crippen molar-refractivity contribution in [3.05, 3.63) is 53.1 Å². The van der Waals surface area contributed by atoms with Gasteiger partial charge >= 0.3 is 0 Å². The highest BCUT2D eigenvalue weighted by Gasteiger charge is 2.13. The van der Waals surface area contributed by atoms with Gasteiger partial charge in [0, 0.05) is 10.7 Å². The average Bonchev–Trinajstić information content (AvgIpc) is 2.56. The van der Waals surface area contributed by atoms with E-state index in [0.29, 0.717) is 16.5 Å². The van der Waals surface area contributed by atoms with Gasteiger partial charge in [0.15, 0.2) is 0 Å². The molecule has 6 nitrogen and oxygen atoms in total. The molecule has 0 aromatic heterocycles. The van der Waals surface area contributed by atoms with Crippen LogP contribution in [0, 0.1) is 6.92 Å². The number of methoxy groups -OCH3 is 1. The first-order valence-electron chi connectivity index (χ1n) is 8.06. The van der Waals surface area contributed by atoms with Crippen molar-refractivity contribution >= 4 is 34.8 Å². The lowest BCUT2D eigenvalue weighted by Gasteiger charge is -2.17. The molecule has 0 radical (unpaired) electrons. The third kappa shape index (κ3) is 6.06. The average molecular weight is 376 g/mol. The van der Waals surface area contributed by atoms with E-state index < -0.39 is 0 Å². The molecule has 2 amide bonds. The van der Waals surface area contributed by atoms with Gasteiger partial charge in [-0.05, 0) is 44.3 Å². The third-order valence-electron chi connectivity index (χ3n) is 3.60. The number of carbonyl (C=O) groups excluding carboxylic acids is 2. The van der Waals surface area contributed by atoms with E-state index in [4.69, 9.17) is 16.3 Å². The molecule has 0 spiro atoms. The molecule has 0 bridgehead atoms. The molecule has 2 aromatic rings. The van der Waals surface area contributed by atoms with Gasteiger partial charge in [0.05, 0.1) is 25.9 Å². The number of likely N-dealkylation sites (N-methyl/N-ethyl adjacent to an activating group) is 1. The van der Waals surface area contributed by atoms with Crippen LogP contribution in [0.15, 0.2) is 42.5 Å². The molecule has 0 fully saturated rings. The molecule has 0 unspecified atom stereocenters. The van der Waals surface area contributed by atoms with Crippen molar-refractivity contribution in [3.8, 4) is 5.75 Å². The highest BCUT2D eigenvalue weighted by atomic mass is 35.5. The van der Waals surface area contributed by atoms with Gasteiger partial charge in [-0.25, -0.2) is 0 Å². The van der Waals surface area contributed by atoms with Crippen LogP contribution in [0.2, 0.25) is 5.02 Å². The Balaban J connectivity index is 1.86. The molecule has 0 aliphatic heterocycles. The maximum absolute atomic E-state index is 12.2. The summed E-state index contributed by atoms with van der Waals surface area (Å²) in [5, 5.41) is 6.03. The molecule has 0 saturated heterocycles. The predicted octanol–water partition coefficient (Wildman–Crippen LogP) is 3.17. The molecule has 0 aliphatic rings. The van der Waals surface area contributed by atoms with Crippen LogP contribution in [0.1, 0.15) is 5.56 Å². The van der Waals surface area contributed by atoms with Crippen LogP contribution in [-0.2, 0) is 9.59 Å². The SMILES string of the molecule is COc1ccc(Cl)cc1NC(=O)CN(C)CC(=O)Nc1ccc(C)cc1. The maximum atomic E-state index is 12.2. The minimum Gasteiger partial charge on any atom is -0.495 e. The van der Waals surface area contributed by atoms with E-state index in [1.807, 2.05) is 31.2 Å². The second kappa shape index (κ2) is 9.22. The quantitative estimate of drug-likeness (QED) is 0.779. The molecule has 138 valence electrons. The Morgan fingerprint density at radius 2 is 1.65 bits per heavy atom. The van der Waals surface area contributed by atoms with Crippen LogP contribution < -0.4 is 15.4 Å². The lowest BCUT2D eigenvalue weighted by atomic mass is 10.2. The fourth-order valence-electron chi connectivity index (χ4n) is 2.35. The summed E-state index contributed by atoms with van der Waals surface area (Å²) >= 11 is 5.95. The summed E-state index contributed by atoms with van der Waals surface area (Å²) in [7, 11) is 3.21. The third-order valence-corrected chi connectivity index (χ3v) is 3.83. The highest BCUT2D eigenvalue weighted by Crippen LogP contribution is 2.27. The Morgan fingerprint density at radius 3 is 2.27 bits per heavy atom.